The number of nitrogens with zero attached hydrogens (tertiary/aromatic N) is 2. The molecule has 4 nitrogen and oxygen atoms in total. The minimum absolute atomic E-state index is 0.234. The third-order valence-corrected chi connectivity index (χ3v) is 5.17. The van der Waals surface area contributed by atoms with Crippen LogP contribution in [0.15, 0.2) is 23.0 Å². The van der Waals surface area contributed by atoms with E-state index in [0.29, 0.717) is 5.41 Å². The lowest BCUT2D eigenvalue weighted by Gasteiger charge is -2.46. The molecule has 3 rings (SSSR count). The van der Waals surface area contributed by atoms with Crippen molar-refractivity contribution in [3.8, 4) is 0 Å². The third kappa shape index (κ3) is 2.90. The van der Waals surface area contributed by atoms with Crippen LogP contribution in [0.5, 0.6) is 0 Å². The molecule has 0 aromatic carbocycles. The Labute approximate surface area is 120 Å². The number of likely N-dealkylation sites (tertiary alicyclic amines) is 2. The van der Waals surface area contributed by atoms with Gasteiger partial charge >= 0.3 is 0 Å². The highest BCUT2D eigenvalue weighted by molar-refractivity contribution is 5.73. The Balaban J connectivity index is 1.50. The Kier molecular flexibility index (Phi) is 3.83. The van der Waals surface area contributed by atoms with Crippen molar-refractivity contribution in [2.24, 2.45) is 5.41 Å². The van der Waals surface area contributed by atoms with Crippen LogP contribution in [0.2, 0.25) is 0 Å². The van der Waals surface area contributed by atoms with E-state index in [-0.39, 0.29) is 5.91 Å². The van der Waals surface area contributed by atoms with Crippen molar-refractivity contribution >= 4 is 5.91 Å². The first-order valence-electron chi connectivity index (χ1n) is 7.66. The lowest BCUT2D eigenvalue weighted by Crippen LogP contribution is -2.47. The fourth-order valence-corrected chi connectivity index (χ4v) is 3.62. The van der Waals surface area contributed by atoms with Crippen LogP contribution in [0.3, 0.4) is 0 Å². The molecule has 1 amide bonds. The van der Waals surface area contributed by atoms with Gasteiger partial charge in [0, 0.05) is 32.1 Å². The molecule has 1 aromatic rings. The van der Waals surface area contributed by atoms with Crippen LogP contribution >= 0.6 is 0 Å². The van der Waals surface area contributed by atoms with Crippen LogP contribution in [0.1, 0.15) is 38.2 Å². The SMILES string of the molecule is CC(=O)N1CCC2(CCN(Cc3ccoc3)CC2)CC1. The normalized spacial score (nSPS) is 23.1. The van der Waals surface area contributed by atoms with Crippen molar-refractivity contribution in [3.63, 3.8) is 0 Å². The predicted molar refractivity (Wildman–Crippen MR) is 77.1 cm³/mol. The minimum Gasteiger partial charge on any atom is -0.472 e. The first-order valence-corrected chi connectivity index (χ1v) is 7.66. The molecule has 3 heterocycles. The van der Waals surface area contributed by atoms with Crippen LogP contribution in [-0.4, -0.2) is 41.9 Å². The summed E-state index contributed by atoms with van der Waals surface area (Å²) in [6, 6.07) is 2.05. The zero-order chi connectivity index (χ0) is 14.0. The topological polar surface area (TPSA) is 36.7 Å². The summed E-state index contributed by atoms with van der Waals surface area (Å²) in [4.78, 5) is 15.9. The Morgan fingerprint density at radius 1 is 1.20 bits per heavy atom. The summed E-state index contributed by atoms with van der Waals surface area (Å²) >= 11 is 0. The number of carbonyl (C=O) groups is 1. The number of hydrogen-bond donors (Lipinski definition) is 0. The summed E-state index contributed by atoms with van der Waals surface area (Å²) in [5.41, 5.74) is 1.77. The van der Waals surface area contributed by atoms with Gasteiger partial charge in [-0.05, 0) is 50.3 Å². The van der Waals surface area contributed by atoms with Gasteiger partial charge in [-0.3, -0.25) is 9.69 Å². The molecule has 0 radical (unpaired) electrons. The molecule has 2 saturated heterocycles. The lowest BCUT2D eigenvalue weighted by molar-refractivity contribution is -0.131. The fraction of sp³-hybridized carbons (Fsp3) is 0.688. The molecule has 1 aromatic heterocycles. The monoisotopic (exact) mass is 276 g/mol. The van der Waals surface area contributed by atoms with Gasteiger partial charge in [0.05, 0.1) is 12.5 Å². The molecule has 0 aliphatic carbocycles. The number of piperidine rings is 2. The van der Waals surface area contributed by atoms with Crippen molar-refractivity contribution in [1.29, 1.82) is 0 Å². The highest BCUT2D eigenvalue weighted by Gasteiger charge is 2.37. The van der Waals surface area contributed by atoms with E-state index in [4.69, 9.17) is 4.42 Å². The molecule has 4 heteroatoms. The van der Waals surface area contributed by atoms with E-state index >= 15 is 0 Å². The maximum Gasteiger partial charge on any atom is 0.219 e. The zero-order valence-corrected chi connectivity index (χ0v) is 12.3. The number of rotatable bonds is 2. The van der Waals surface area contributed by atoms with Crippen LogP contribution < -0.4 is 0 Å². The summed E-state index contributed by atoms with van der Waals surface area (Å²) in [6.07, 6.45) is 8.51. The molecule has 0 N–H and O–H groups in total. The van der Waals surface area contributed by atoms with Crippen LogP contribution in [0, 0.1) is 5.41 Å². The molecule has 2 aliphatic heterocycles. The van der Waals surface area contributed by atoms with E-state index in [9.17, 15) is 4.79 Å². The maximum atomic E-state index is 11.4. The van der Waals surface area contributed by atoms with E-state index in [1.165, 1.54) is 44.3 Å². The lowest BCUT2D eigenvalue weighted by atomic mass is 9.71. The Hall–Kier alpha value is -1.29. The number of amides is 1. The van der Waals surface area contributed by atoms with Gasteiger partial charge in [0.25, 0.3) is 0 Å². The molecule has 0 saturated carbocycles. The van der Waals surface area contributed by atoms with E-state index in [1.54, 1.807) is 13.2 Å². The van der Waals surface area contributed by atoms with Gasteiger partial charge < -0.3 is 9.32 Å². The van der Waals surface area contributed by atoms with Crippen LogP contribution in [0.4, 0.5) is 0 Å². The summed E-state index contributed by atoms with van der Waals surface area (Å²) in [6.45, 7) is 6.95. The van der Waals surface area contributed by atoms with Crippen molar-refractivity contribution in [1.82, 2.24) is 9.80 Å². The van der Waals surface area contributed by atoms with Gasteiger partial charge in [-0.25, -0.2) is 0 Å². The van der Waals surface area contributed by atoms with E-state index < -0.39 is 0 Å². The molecule has 110 valence electrons. The summed E-state index contributed by atoms with van der Waals surface area (Å²) in [7, 11) is 0. The second kappa shape index (κ2) is 5.60. The average Bonchev–Trinajstić information content (AvgIpc) is 2.95. The predicted octanol–water partition coefficient (Wildman–Crippen LogP) is 2.50. The van der Waals surface area contributed by atoms with Crippen molar-refractivity contribution < 1.29 is 9.21 Å². The van der Waals surface area contributed by atoms with Crippen molar-refractivity contribution in [2.45, 2.75) is 39.2 Å². The molecule has 0 bridgehead atoms. The molecule has 2 aliphatic rings. The number of furan rings is 1. The molecule has 2 fully saturated rings. The second-order valence-electron chi connectivity index (χ2n) is 6.41. The maximum absolute atomic E-state index is 11.4. The summed E-state index contributed by atoms with van der Waals surface area (Å²) < 4.78 is 5.14. The Morgan fingerprint density at radius 2 is 1.85 bits per heavy atom. The molecular formula is C16H24N2O2. The van der Waals surface area contributed by atoms with Crippen molar-refractivity contribution in [2.75, 3.05) is 26.2 Å². The van der Waals surface area contributed by atoms with Gasteiger partial charge in [-0.15, -0.1) is 0 Å². The number of carbonyl (C=O) groups excluding carboxylic acids is 1. The summed E-state index contributed by atoms with van der Waals surface area (Å²) in [5.74, 6) is 0.234. The minimum atomic E-state index is 0.234. The first kappa shape index (κ1) is 13.7. The first-order chi connectivity index (χ1) is 9.67. The second-order valence-corrected chi connectivity index (χ2v) is 6.41. The number of hydrogen-bond acceptors (Lipinski definition) is 3. The largest absolute Gasteiger partial charge is 0.472 e. The Bertz CT molecular complexity index is 437. The van der Waals surface area contributed by atoms with Gasteiger partial charge in [0.1, 0.15) is 0 Å². The smallest absolute Gasteiger partial charge is 0.219 e. The van der Waals surface area contributed by atoms with Gasteiger partial charge in [-0.1, -0.05) is 0 Å². The van der Waals surface area contributed by atoms with E-state index in [0.717, 1.165) is 19.6 Å². The van der Waals surface area contributed by atoms with E-state index in [1.807, 2.05) is 11.2 Å². The highest BCUT2D eigenvalue weighted by Crippen LogP contribution is 2.41. The van der Waals surface area contributed by atoms with Crippen LogP contribution in [-0.2, 0) is 11.3 Å². The molecule has 1 spiro atoms. The molecule has 0 unspecified atom stereocenters. The molecular weight excluding hydrogens is 252 g/mol. The average molecular weight is 276 g/mol. The fourth-order valence-electron chi connectivity index (χ4n) is 3.62. The van der Waals surface area contributed by atoms with E-state index in [2.05, 4.69) is 11.0 Å². The highest BCUT2D eigenvalue weighted by atomic mass is 16.3. The standard InChI is InChI=1S/C16H24N2O2/c1-14(19)18-9-5-16(6-10-18)3-7-17(8-4-16)12-15-2-11-20-13-15/h2,11,13H,3-10,12H2,1H3. The Morgan fingerprint density at radius 3 is 2.40 bits per heavy atom. The molecule has 20 heavy (non-hydrogen) atoms. The zero-order valence-electron chi connectivity index (χ0n) is 12.3. The van der Waals surface area contributed by atoms with Gasteiger partial charge in [-0.2, -0.15) is 0 Å². The van der Waals surface area contributed by atoms with Gasteiger partial charge in [0.15, 0.2) is 0 Å². The van der Waals surface area contributed by atoms with Gasteiger partial charge in [0.2, 0.25) is 5.91 Å². The third-order valence-electron chi connectivity index (χ3n) is 5.17. The molecule has 0 atom stereocenters. The van der Waals surface area contributed by atoms with Crippen LogP contribution in [0.25, 0.3) is 0 Å². The van der Waals surface area contributed by atoms with Crippen molar-refractivity contribution in [3.05, 3.63) is 24.2 Å². The quantitative estimate of drug-likeness (QED) is 0.833. The summed E-state index contributed by atoms with van der Waals surface area (Å²) in [5, 5.41) is 0.